The average molecular weight is 663 g/mol. The van der Waals surface area contributed by atoms with Crippen molar-refractivity contribution in [1.82, 2.24) is 20.0 Å². The van der Waals surface area contributed by atoms with Gasteiger partial charge in [0.05, 0.1) is 42.2 Å². The zero-order chi connectivity index (χ0) is 34.0. The van der Waals surface area contributed by atoms with Gasteiger partial charge in [-0.15, -0.1) is 0 Å². The van der Waals surface area contributed by atoms with Crippen molar-refractivity contribution in [3.8, 4) is 11.8 Å². The fraction of sp³-hybridized carbons (Fsp3) is 0.314. The fourth-order valence-electron chi connectivity index (χ4n) is 5.03. The molecule has 1 amide bonds. The van der Waals surface area contributed by atoms with Crippen LogP contribution in [0.25, 0.3) is 0 Å². The lowest BCUT2D eigenvalue weighted by atomic mass is 9.92. The van der Waals surface area contributed by atoms with Crippen molar-refractivity contribution in [1.29, 1.82) is 5.26 Å². The van der Waals surface area contributed by atoms with Gasteiger partial charge in [-0.05, 0) is 84.6 Å². The smallest absolute Gasteiger partial charge is 0.416 e. The number of nitrogens with one attached hydrogen (secondary N) is 2. The zero-order valence-electron chi connectivity index (χ0n) is 26.4. The van der Waals surface area contributed by atoms with Gasteiger partial charge >= 0.3 is 6.18 Å². The van der Waals surface area contributed by atoms with Crippen molar-refractivity contribution in [2.24, 2.45) is 5.92 Å². The number of ether oxygens (including phenoxy) is 1. The number of alkyl halides is 3. The van der Waals surface area contributed by atoms with Crippen LogP contribution in [0.15, 0.2) is 85.3 Å². The van der Waals surface area contributed by atoms with Crippen molar-refractivity contribution in [3.63, 3.8) is 0 Å². The molecule has 0 aliphatic heterocycles. The number of carbonyl (C=O) groups excluding carboxylic acids is 1. The Balaban J connectivity index is 1.74. The topological polar surface area (TPSA) is 95.2 Å². The number of halogens is 3. The minimum absolute atomic E-state index is 0.0296. The van der Waals surface area contributed by atoms with Crippen molar-refractivity contribution in [3.05, 3.63) is 113 Å². The highest BCUT2D eigenvalue weighted by atomic mass is 32.1. The Morgan fingerprint density at radius 3 is 2.45 bits per heavy atom. The van der Waals surface area contributed by atoms with E-state index >= 15 is 0 Å². The lowest BCUT2D eigenvalue weighted by Crippen LogP contribution is -2.51. The number of carbonyl (C=O) groups is 1. The summed E-state index contributed by atoms with van der Waals surface area (Å²) in [6, 6.07) is 21.3. The molecule has 0 aliphatic carbocycles. The molecule has 0 spiro atoms. The minimum atomic E-state index is -4.62. The van der Waals surface area contributed by atoms with Crippen molar-refractivity contribution >= 4 is 28.9 Å². The first-order chi connectivity index (χ1) is 22.5. The second-order valence-electron chi connectivity index (χ2n) is 11.2. The molecule has 2 atom stereocenters. The summed E-state index contributed by atoms with van der Waals surface area (Å²) < 4.78 is 49.4. The number of methoxy groups -OCH3 is 1. The largest absolute Gasteiger partial charge is 0.497 e. The number of hydrogen-bond acceptors (Lipinski definition) is 6. The number of amides is 1. The van der Waals surface area contributed by atoms with Crippen LogP contribution in [0.5, 0.6) is 5.75 Å². The number of nitriles is 1. The number of benzene rings is 3. The van der Waals surface area contributed by atoms with Crippen LogP contribution in [0, 0.1) is 17.2 Å². The Labute approximate surface area is 278 Å². The predicted octanol–water partition coefficient (Wildman–Crippen LogP) is 7.32. The van der Waals surface area contributed by atoms with E-state index in [-0.39, 0.29) is 23.6 Å². The highest BCUT2D eigenvalue weighted by Crippen LogP contribution is 2.35. The molecule has 8 nitrogen and oxygen atoms in total. The van der Waals surface area contributed by atoms with E-state index in [0.29, 0.717) is 35.2 Å². The number of anilines is 1. The highest BCUT2D eigenvalue weighted by molar-refractivity contribution is 7.80. The molecule has 1 heterocycles. The van der Waals surface area contributed by atoms with Gasteiger partial charge in [-0.3, -0.25) is 4.79 Å². The molecule has 4 rings (SSSR count). The third kappa shape index (κ3) is 9.40. The van der Waals surface area contributed by atoms with Crippen LogP contribution in [0.1, 0.15) is 60.6 Å². The molecule has 12 heteroatoms. The molecule has 0 aliphatic rings. The summed E-state index contributed by atoms with van der Waals surface area (Å²) in [5, 5.41) is 13.5. The van der Waals surface area contributed by atoms with Crippen LogP contribution in [-0.4, -0.2) is 39.2 Å². The van der Waals surface area contributed by atoms with E-state index in [1.165, 1.54) is 35.7 Å². The lowest BCUT2D eigenvalue weighted by molar-refractivity contribution is -0.139. The standard InChI is InChI=1S/C35H37F3N6O2S/c1-4-24(2)17-18-41-44(34(47)42-28-13-15-29(46-3)16-14-28)33(45)30(19-27-7-5-6-8-31(27)35(36,37)38)32-21-40-23-43(32)22-26-11-9-25(20-39)10-12-26/h5-16,21,23-24,30,41H,4,17-19,22H2,1-3H3,(H,42,47)/t24-,30?/m0/s1. The van der Waals surface area contributed by atoms with Crippen LogP contribution < -0.4 is 15.5 Å². The normalized spacial score (nSPS) is 12.5. The molecule has 2 N–H and O–H groups in total. The number of rotatable bonds is 13. The summed E-state index contributed by atoms with van der Waals surface area (Å²) in [4.78, 5) is 18.9. The highest BCUT2D eigenvalue weighted by Gasteiger charge is 2.37. The third-order valence-electron chi connectivity index (χ3n) is 7.95. The number of hydrogen-bond donors (Lipinski definition) is 2. The molecule has 0 bridgehead atoms. The maximum absolute atomic E-state index is 14.6. The monoisotopic (exact) mass is 662 g/mol. The van der Waals surface area contributed by atoms with E-state index in [1.807, 2.05) is 0 Å². The van der Waals surface area contributed by atoms with Crippen molar-refractivity contribution in [2.75, 3.05) is 19.0 Å². The summed E-state index contributed by atoms with van der Waals surface area (Å²) in [5.74, 6) is -0.643. The maximum Gasteiger partial charge on any atom is 0.416 e. The molecule has 246 valence electrons. The summed E-state index contributed by atoms with van der Waals surface area (Å²) in [5.41, 5.74) is 4.64. The molecular formula is C35H37F3N6O2S. The first-order valence-corrected chi connectivity index (χ1v) is 15.6. The summed E-state index contributed by atoms with van der Waals surface area (Å²) >= 11 is 5.73. The number of hydrazine groups is 1. The fourth-order valence-corrected chi connectivity index (χ4v) is 5.31. The third-order valence-corrected chi connectivity index (χ3v) is 8.24. The van der Waals surface area contributed by atoms with Crippen LogP contribution in [-0.2, 0) is 23.9 Å². The van der Waals surface area contributed by atoms with Crippen LogP contribution in [0.4, 0.5) is 18.9 Å². The van der Waals surface area contributed by atoms with E-state index in [1.54, 1.807) is 60.2 Å². The van der Waals surface area contributed by atoms with E-state index < -0.39 is 23.6 Å². The zero-order valence-corrected chi connectivity index (χ0v) is 27.2. The molecule has 0 fully saturated rings. The molecular weight excluding hydrogens is 625 g/mol. The predicted molar refractivity (Wildman–Crippen MR) is 179 cm³/mol. The number of thiocarbonyl (C=S) groups is 1. The SMILES string of the molecule is CC[C@H](C)CCNN(C(=O)C(Cc1ccccc1C(F)(F)F)c1cncn1Cc1ccc(C#N)cc1)C(=S)Nc1ccc(OC)cc1. The molecule has 4 aromatic rings. The summed E-state index contributed by atoms with van der Waals surface area (Å²) in [7, 11) is 1.55. The molecule has 1 unspecified atom stereocenters. The van der Waals surface area contributed by atoms with Crippen LogP contribution >= 0.6 is 12.2 Å². The van der Waals surface area contributed by atoms with E-state index in [0.717, 1.165) is 24.5 Å². The Morgan fingerprint density at radius 2 is 1.81 bits per heavy atom. The number of aromatic nitrogens is 2. The van der Waals surface area contributed by atoms with Gasteiger partial charge in [0.1, 0.15) is 5.75 Å². The first-order valence-electron chi connectivity index (χ1n) is 15.2. The number of nitrogens with zero attached hydrogens (tertiary/aromatic N) is 4. The lowest BCUT2D eigenvalue weighted by Gasteiger charge is -2.30. The Bertz CT molecular complexity index is 1680. The van der Waals surface area contributed by atoms with Crippen LogP contribution in [0.3, 0.4) is 0 Å². The van der Waals surface area contributed by atoms with Gasteiger partial charge in [0.15, 0.2) is 5.11 Å². The van der Waals surface area contributed by atoms with Crippen molar-refractivity contribution in [2.45, 2.75) is 51.7 Å². The Hall–Kier alpha value is -4.73. The Morgan fingerprint density at radius 1 is 1.11 bits per heavy atom. The van der Waals surface area contributed by atoms with Crippen molar-refractivity contribution < 1.29 is 22.7 Å². The average Bonchev–Trinajstić information content (AvgIpc) is 3.53. The van der Waals surface area contributed by atoms with E-state index in [9.17, 15) is 23.2 Å². The van der Waals surface area contributed by atoms with Gasteiger partial charge in [0.2, 0.25) is 0 Å². The van der Waals surface area contributed by atoms with Crippen LogP contribution in [0.2, 0.25) is 0 Å². The van der Waals surface area contributed by atoms with E-state index in [4.69, 9.17) is 17.0 Å². The molecule has 0 saturated carbocycles. The summed E-state index contributed by atoms with van der Waals surface area (Å²) in [6.45, 7) is 4.86. The van der Waals surface area contributed by atoms with Gasteiger partial charge in [-0.25, -0.2) is 15.4 Å². The van der Waals surface area contributed by atoms with Gasteiger partial charge in [0, 0.05) is 25.0 Å². The number of imidazole rings is 1. The first kappa shape index (κ1) is 35.1. The Kier molecular flexibility index (Phi) is 12.1. The van der Waals surface area contributed by atoms with E-state index in [2.05, 4.69) is 35.6 Å². The van der Waals surface area contributed by atoms with Gasteiger partial charge < -0.3 is 14.6 Å². The minimum Gasteiger partial charge on any atom is -0.497 e. The van der Waals surface area contributed by atoms with Gasteiger partial charge in [0.25, 0.3) is 5.91 Å². The molecule has 0 saturated heterocycles. The quantitative estimate of drug-likeness (QED) is 0.114. The molecule has 0 radical (unpaired) electrons. The second-order valence-corrected chi connectivity index (χ2v) is 11.6. The van der Waals surface area contributed by atoms with Gasteiger partial charge in [-0.2, -0.15) is 18.4 Å². The molecule has 47 heavy (non-hydrogen) atoms. The molecule has 3 aromatic carbocycles. The maximum atomic E-state index is 14.6. The molecule has 1 aromatic heterocycles. The summed E-state index contributed by atoms with van der Waals surface area (Å²) in [6.07, 6.45) is -0.161. The van der Waals surface area contributed by atoms with Gasteiger partial charge in [-0.1, -0.05) is 50.6 Å². The second kappa shape index (κ2) is 16.2.